The summed E-state index contributed by atoms with van der Waals surface area (Å²) in [5.41, 5.74) is 1.23. The Hall–Kier alpha value is -1.89. The molecule has 6 nitrogen and oxygen atoms in total. The van der Waals surface area contributed by atoms with Gasteiger partial charge in [-0.3, -0.25) is 10.00 Å². The van der Waals surface area contributed by atoms with Gasteiger partial charge in [-0.2, -0.15) is 11.3 Å². The van der Waals surface area contributed by atoms with Gasteiger partial charge in [-0.15, -0.1) is 5.10 Å². The molecule has 0 radical (unpaired) electrons. The molecule has 2 N–H and O–H groups in total. The first kappa shape index (κ1) is 13.5. The fourth-order valence-electron chi connectivity index (χ4n) is 1.70. The molecule has 0 fully saturated rings. The zero-order valence-electron chi connectivity index (χ0n) is 11.0. The predicted octanol–water partition coefficient (Wildman–Crippen LogP) is 2.11. The van der Waals surface area contributed by atoms with Crippen LogP contribution >= 0.6 is 11.3 Å². The van der Waals surface area contributed by atoms with Crippen molar-refractivity contribution in [3.8, 4) is 0 Å². The molecule has 1 atom stereocenters. The van der Waals surface area contributed by atoms with Crippen LogP contribution in [0.5, 0.6) is 0 Å². The highest BCUT2D eigenvalue weighted by atomic mass is 32.1. The van der Waals surface area contributed by atoms with Crippen molar-refractivity contribution >= 4 is 23.2 Å². The summed E-state index contributed by atoms with van der Waals surface area (Å²) in [5, 5.41) is 17.4. The van der Waals surface area contributed by atoms with Gasteiger partial charge in [0.1, 0.15) is 0 Å². The van der Waals surface area contributed by atoms with Gasteiger partial charge in [0.05, 0.1) is 6.20 Å². The molecule has 0 aliphatic rings. The highest BCUT2D eigenvalue weighted by Gasteiger charge is 2.10. The average Bonchev–Trinajstić information content (AvgIpc) is 3.00. The standard InChI is InChI=1S/C12H17N5OS/c1-3-17-7-11(15-16-17)14-12(18)13-9(2)6-10-4-5-19-8-10/h4-5,7-9H,3,6H2,1-2H3,(H2,13,14,18). The van der Waals surface area contributed by atoms with Crippen LogP contribution in [0.4, 0.5) is 10.6 Å². The number of aromatic nitrogens is 3. The molecule has 0 aliphatic heterocycles. The molecule has 0 bridgehead atoms. The van der Waals surface area contributed by atoms with Crippen LogP contribution < -0.4 is 10.6 Å². The van der Waals surface area contributed by atoms with Crippen molar-refractivity contribution in [1.29, 1.82) is 0 Å². The van der Waals surface area contributed by atoms with E-state index in [-0.39, 0.29) is 12.1 Å². The van der Waals surface area contributed by atoms with Crippen LogP contribution in [-0.2, 0) is 13.0 Å². The Kier molecular flexibility index (Phi) is 4.51. The van der Waals surface area contributed by atoms with Crippen LogP contribution in [0, 0.1) is 0 Å². The molecule has 0 aliphatic carbocycles. The van der Waals surface area contributed by atoms with Gasteiger partial charge >= 0.3 is 6.03 Å². The number of anilines is 1. The van der Waals surface area contributed by atoms with E-state index in [1.165, 1.54) is 5.56 Å². The minimum absolute atomic E-state index is 0.0656. The van der Waals surface area contributed by atoms with Gasteiger partial charge in [0.15, 0.2) is 5.82 Å². The Bertz CT molecular complexity index is 522. The summed E-state index contributed by atoms with van der Waals surface area (Å²) in [6, 6.07) is 1.87. The summed E-state index contributed by atoms with van der Waals surface area (Å²) in [6.07, 6.45) is 2.52. The number of carbonyl (C=O) groups excluding carboxylic acids is 1. The molecule has 1 unspecified atom stereocenters. The zero-order valence-corrected chi connectivity index (χ0v) is 11.8. The van der Waals surface area contributed by atoms with Gasteiger partial charge in [0.2, 0.25) is 0 Å². The third-order valence-electron chi connectivity index (χ3n) is 2.60. The number of hydrogen-bond donors (Lipinski definition) is 2. The van der Waals surface area contributed by atoms with Crippen LogP contribution in [0.15, 0.2) is 23.0 Å². The largest absolute Gasteiger partial charge is 0.335 e. The minimum Gasteiger partial charge on any atom is -0.335 e. The van der Waals surface area contributed by atoms with Crippen molar-refractivity contribution in [2.75, 3.05) is 5.32 Å². The van der Waals surface area contributed by atoms with Crippen molar-refractivity contribution < 1.29 is 4.79 Å². The first-order valence-electron chi connectivity index (χ1n) is 6.16. The maximum atomic E-state index is 11.8. The first-order valence-corrected chi connectivity index (χ1v) is 7.10. The lowest BCUT2D eigenvalue weighted by Crippen LogP contribution is -2.37. The van der Waals surface area contributed by atoms with E-state index in [2.05, 4.69) is 32.4 Å². The molecule has 0 saturated heterocycles. The number of nitrogens with zero attached hydrogens (tertiary/aromatic N) is 3. The number of hydrogen-bond acceptors (Lipinski definition) is 4. The third-order valence-corrected chi connectivity index (χ3v) is 3.34. The van der Waals surface area contributed by atoms with Gasteiger partial charge in [-0.05, 0) is 42.7 Å². The quantitative estimate of drug-likeness (QED) is 0.880. The summed E-state index contributed by atoms with van der Waals surface area (Å²) in [6.45, 7) is 4.66. The van der Waals surface area contributed by atoms with E-state index >= 15 is 0 Å². The first-order chi connectivity index (χ1) is 9.17. The Morgan fingerprint density at radius 2 is 2.42 bits per heavy atom. The highest BCUT2D eigenvalue weighted by molar-refractivity contribution is 7.07. The van der Waals surface area contributed by atoms with E-state index in [4.69, 9.17) is 0 Å². The van der Waals surface area contributed by atoms with E-state index in [0.29, 0.717) is 5.82 Å². The maximum absolute atomic E-state index is 11.8. The lowest BCUT2D eigenvalue weighted by atomic mass is 10.1. The molecule has 2 aromatic rings. The lowest BCUT2D eigenvalue weighted by Gasteiger charge is -2.12. The van der Waals surface area contributed by atoms with E-state index in [9.17, 15) is 4.79 Å². The SMILES string of the molecule is CCn1cc(NC(=O)NC(C)Cc2ccsc2)nn1. The highest BCUT2D eigenvalue weighted by Crippen LogP contribution is 2.08. The van der Waals surface area contributed by atoms with Gasteiger partial charge in [-0.1, -0.05) is 5.21 Å². The van der Waals surface area contributed by atoms with Crippen molar-refractivity contribution in [1.82, 2.24) is 20.3 Å². The van der Waals surface area contributed by atoms with Gasteiger partial charge in [-0.25, -0.2) is 4.79 Å². The third kappa shape index (κ3) is 4.06. The van der Waals surface area contributed by atoms with E-state index < -0.39 is 0 Å². The Labute approximate surface area is 115 Å². The Morgan fingerprint density at radius 1 is 1.58 bits per heavy atom. The second-order valence-electron chi connectivity index (χ2n) is 4.29. The summed E-state index contributed by atoms with van der Waals surface area (Å²) in [7, 11) is 0. The Balaban J connectivity index is 1.80. The maximum Gasteiger partial charge on any atom is 0.320 e. The molecular formula is C12H17N5OS. The smallest absolute Gasteiger partial charge is 0.320 e. The second kappa shape index (κ2) is 6.33. The van der Waals surface area contributed by atoms with Gasteiger partial charge in [0.25, 0.3) is 0 Å². The van der Waals surface area contributed by atoms with Crippen molar-refractivity contribution in [3.63, 3.8) is 0 Å². The normalized spacial score (nSPS) is 12.1. The summed E-state index contributed by atoms with van der Waals surface area (Å²) >= 11 is 1.66. The molecule has 7 heteroatoms. The van der Waals surface area contributed by atoms with E-state index in [1.807, 2.05) is 19.2 Å². The average molecular weight is 279 g/mol. The number of rotatable bonds is 5. The van der Waals surface area contributed by atoms with Crippen LogP contribution in [0.2, 0.25) is 0 Å². The molecular weight excluding hydrogens is 262 g/mol. The van der Waals surface area contributed by atoms with E-state index in [1.54, 1.807) is 22.2 Å². The zero-order chi connectivity index (χ0) is 13.7. The molecule has 2 rings (SSSR count). The summed E-state index contributed by atoms with van der Waals surface area (Å²) < 4.78 is 1.66. The van der Waals surface area contributed by atoms with Crippen LogP contribution in [-0.4, -0.2) is 27.1 Å². The number of urea groups is 1. The molecule has 2 amide bonds. The fourth-order valence-corrected chi connectivity index (χ4v) is 2.38. The molecule has 0 aromatic carbocycles. The second-order valence-corrected chi connectivity index (χ2v) is 5.07. The minimum atomic E-state index is -0.258. The van der Waals surface area contributed by atoms with Crippen LogP contribution in [0.3, 0.4) is 0 Å². The van der Waals surface area contributed by atoms with Gasteiger partial charge < -0.3 is 5.32 Å². The number of aryl methyl sites for hydroxylation is 1. The molecule has 2 heterocycles. The molecule has 102 valence electrons. The fraction of sp³-hybridized carbons (Fsp3) is 0.417. The monoisotopic (exact) mass is 279 g/mol. The number of nitrogens with one attached hydrogen (secondary N) is 2. The van der Waals surface area contributed by atoms with Crippen molar-refractivity contribution in [2.24, 2.45) is 0 Å². The number of amides is 2. The summed E-state index contributed by atoms with van der Waals surface area (Å²) in [4.78, 5) is 11.8. The predicted molar refractivity (Wildman–Crippen MR) is 75.3 cm³/mol. The van der Waals surface area contributed by atoms with Crippen LogP contribution in [0.25, 0.3) is 0 Å². The van der Waals surface area contributed by atoms with Crippen LogP contribution in [0.1, 0.15) is 19.4 Å². The molecule has 0 spiro atoms. The Morgan fingerprint density at radius 3 is 3.05 bits per heavy atom. The summed E-state index contributed by atoms with van der Waals surface area (Å²) in [5.74, 6) is 0.460. The molecule has 2 aromatic heterocycles. The number of thiophene rings is 1. The van der Waals surface area contributed by atoms with Crippen molar-refractivity contribution in [2.45, 2.75) is 32.9 Å². The topological polar surface area (TPSA) is 71.8 Å². The molecule has 0 saturated carbocycles. The molecule has 19 heavy (non-hydrogen) atoms. The van der Waals surface area contributed by atoms with E-state index in [0.717, 1.165) is 13.0 Å². The van der Waals surface area contributed by atoms with Crippen molar-refractivity contribution in [3.05, 3.63) is 28.6 Å². The van der Waals surface area contributed by atoms with Gasteiger partial charge in [0, 0.05) is 12.6 Å². The number of carbonyl (C=O) groups is 1. The lowest BCUT2D eigenvalue weighted by molar-refractivity contribution is 0.249.